The number of benzene rings is 2. The second-order valence-electron chi connectivity index (χ2n) is 6.27. The van der Waals surface area contributed by atoms with Crippen LogP contribution in [0.1, 0.15) is 17.0 Å². The minimum atomic E-state index is 0.0647. The van der Waals surface area contributed by atoms with E-state index < -0.39 is 0 Å². The number of rotatable bonds is 7. The fourth-order valence-corrected chi connectivity index (χ4v) is 3.79. The van der Waals surface area contributed by atoms with Crippen molar-refractivity contribution < 1.29 is 4.79 Å². The maximum Gasteiger partial charge on any atom is 0.233 e. The average Bonchev–Trinajstić information content (AvgIpc) is 3.02. The fraction of sp³-hybridized carbons (Fsp3) is 0.250. The lowest BCUT2D eigenvalue weighted by Crippen LogP contribution is -2.27. The molecule has 27 heavy (non-hydrogen) atoms. The lowest BCUT2D eigenvalue weighted by Gasteiger charge is -2.17. The monoisotopic (exact) mass is 444 g/mol. The van der Waals surface area contributed by atoms with Gasteiger partial charge in [0, 0.05) is 18.1 Å². The third-order valence-corrected chi connectivity index (χ3v) is 5.65. The first-order chi connectivity index (χ1) is 13.0. The number of carbonyl (C=O) groups excluding carboxylic acids is 1. The first-order valence-corrected chi connectivity index (χ1v) is 10.4. The van der Waals surface area contributed by atoms with Gasteiger partial charge in [0.05, 0.1) is 12.3 Å². The van der Waals surface area contributed by atoms with Crippen LogP contribution in [0.4, 0.5) is 0 Å². The third kappa shape index (κ3) is 5.43. The van der Waals surface area contributed by atoms with E-state index in [0.29, 0.717) is 18.8 Å². The lowest BCUT2D eigenvalue weighted by atomic mass is 10.2. The highest BCUT2D eigenvalue weighted by atomic mass is 79.9. The summed E-state index contributed by atoms with van der Waals surface area (Å²) in [5, 5.41) is 9.18. The van der Waals surface area contributed by atoms with Crippen LogP contribution in [-0.2, 0) is 17.9 Å². The fourth-order valence-electron chi connectivity index (χ4n) is 2.60. The van der Waals surface area contributed by atoms with E-state index in [1.807, 2.05) is 61.0 Å². The number of aromatic nitrogens is 3. The van der Waals surface area contributed by atoms with Crippen LogP contribution in [0.15, 0.2) is 64.2 Å². The van der Waals surface area contributed by atoms with E-state index in [2.05, 4.69) is 38.3 Å². The van der Waals surface area contributed by atoms with Crippen LogP contribution in [0, 0.1) is 6.92 Å². The van der Waals surface area contributed by atoms with Gasteiger partial charge >= 0.3 is 0 Å². The first kappa shape index (κ1) is 19.6. The van der Waals surface area contributed by atoms with E-state index in [-0.39, 0.29) is 5.91 Å². The summed E-state index contributed by atoms with van der Waals surface area (Å²) in [7, 11) is 1.82. The van der Waals surface area contributed by atoms with Gasteiger partial charge in [0.25, 0.3) is 0 Å². The minimum absolute atomic E-state index is 0.0647. The molecular weight excluding hydrogens is 424 g/mol. The highest BCUT2D eigenvalue weighted by molar-refractivity contribution is 9.10. The molecule has 0 N–H and O–H groups in total. The van der Waals surface area contributed by atoms with E-state index in [0.717, 1.165) is 21.0 Å². The van der Waals surface area contributed by atoms with E-state index in [1.165, 1.54) is 17.3 Å². The Hall–Kier alpha value is -2.12. The Balaban J connectivity index is 1.59. The zero-order valence-electron chi connectivity index (χ0n) is 15.3. The molecule has 0 atom stereocenters. The molecule has 0 spiro atoms. The van der Waals surface area contributed by atoms with Crippen molar-refractivity contribution in [3.63, 3.8) is 0 Å². The second kappa shape index (κ2) is 9.19. The molecule has 0 unspecified atom stereocenters. The van der Waals surface area contributed by atoms with Crippen molar-refractivity contribution in [1.82, 2.24) is 19.7 Å². The number of carbonyl (C=O) groups is 1. The Morgan fingerprint density at radius 3 is 2.48 bits per heavy atom. The van der Waals surface area contributed by atoms with Crippen LogP contribution in [0.3, 0.4) is 0 Å². The number of nitrogens with zero attached hydrogens (tertiary/aromatic N) is 4. The Morgan fingerprint density at radius 2 is 1.78 bits per heavy atom. The van der Waals surface area contributed by atoms with Gasteiger partial charge in [0.2, 0.25) is 5.91 Å². The Morgan fingerprint density at radius 1 is 1.07 bits per heavy atom. The number of hydrogen-bond acceptors (Lipinski definition) is 4. The predicted octanol–water partition coefficient (Wildman–Crippen LogP) is 4.15. The molecule has 0 aliphatic rings. The molecule has 3 rings (SSSR count). The molecule has 7 heteroatoms. The van der Waals surface area contributed by atoms with Crippen LogP contribution in [0.25, 0.3) is 0 Å². The Labute approximate surface area is 171 Å². The standard InChI is InChI=1S/C20H21BrN4OS/c1-15-22-23-20(25(15)13-16-6-4-3-5-7-16)27-14-19(26)24(2)12-17-8-10-18(21)11-9-17/h3-11H,12-14H2,1-2H3. The van der Waals surface area contributed by atoms with Gasteiger partial charge in [-0.15, -0.1) is 10.2 Å². The highest BCUT2D eigenvalue weighted by Crippen LogP contribution is 2.19. The van der Waals surface area contributed by atoms with Crippen LogP contribution in [-0.4, -0.2) is 38.4 Å². The van der Waals surface area contributed by atoms with Gasteiger partial charge in [-0.1, -0.05) is 70.2 Å². The van der Waals surface area contributed by atoms with Gasteiger partial charge in [-0.2, -0.15) is 0 Å². The molecule has 3 aromatic rings. The Kier molecular flexibility index (Phi) is 6.68. The number of amides is 1. The molecule has 0 aliphatic carbocycles. The number of thioether (sulfide) groups is 1. The van der Waals surface area contributed by atoms with Gasteiger partial charge in [0.1, 0.15) is 5.82 Å². The van der Waals surface area contributed by atoms with Crippen LogP contribution in [0.5, 0.6) is 0 Å². The smallest absolute Gasteiger partial charge is 0.233 e. The molecule has 0 saturated heterocycles. The SMILES string of the molecule is Cc1nnc(SCC(=O)N(C)Cc2ccc(Br)cc2)n1Cc1ccccc1. The minimum Gasteiger partial charge on any atom is -0.341 e. The topological polar surface area (TPSA) is 51.0 Å². The zero-order chi connectivity index (χ0) is 19.2. The lowest BCUT2D eigenvalue weighted by molar-refractivity contribution is -0.127. The quantitative estimate of drug-likeness (QED) is 0.513. The molecule has 140 valence electrons. The largest absolute Gasteiger partial charge is 0.341 e. The van der Waals surface area contributed by atoms with Crippen LogP contribution in [0.2, 0.25) is 0 Å². The summed E-state index contributed by atoms with van der Waals surface area (Å²) in [5.41, 5.74) is 2.28. The molecule has 0 aliphatic heterocycles. The second-order valence-corrected chi connectivity index (χ2v) is 8.12. The summed E-state index contributed by atoms with van der Waals surface area (Å²) in [6.07, 6.45) is 0. The molecule has 0 saturated carbocycles. The maximum absolute atomic E-state index is 12.5. The summed E-state index contributed by atoms with van der Waals surface area (Å²) in [6.45, 7) is 3.22. The Bertz CT molecular complexity index is 896. The number of aryl methyl sites for hydroxylation is 1. The first-order valence-electron chi connectivity index (χ1n) is 8.58. The highest BCUT2D eigenvalue weighted by Gasteiger charge is 2.15. The van der Waals surface area contributed by atoms with E-state index >= 15 is 0 Å². The van der Waals surface area contributed by atoms with Crippen LogP contribution >= 0.6 is 27.7 Å². The molecule has 0 fully saturated rings. The van der Waals surface area contributed by atoms with Gasteiger partial charge < -0.3 is 9.47 Å². The molecule has 1 amide bonds. The third-order valence-electron chi connectivity index (χ3n) is 4.17. The average molecular weight is 445 g/mol. The normalized spacial score (nSPS) is 10.8. The van der Waals surface area contributed by atoms with Gasteiger partial charge in [-0.3, -0.25) is 4.79 Å². The zero-order valence-corrected chi connectivity index (χ0v) is 17.7. The van der Waals surface area contributed by atoms with Crippen molar-refractivity contribution in [1.29, 1.82) is 0 Å². The van der Waals surface area contributed by atoms with E-state index in [9.17, 15) is 4.79 Å². The summed E-state index contributed by atoms with van der Waals surface area (Å²) < 4.78 is 3.08. The molecule has 1 aromatic heterocycles. The molecule has 5 nitrogen and oxygen atoms in total. The van der Waals surface area contributed by atoms with Crippen molar-refractivity contribution >= 4 is 33.6 Å². The van der Waals surface area contributed by atoms with Crippen molar-refractivity contribution in [2.45, 2.75) is 25.2 Å². The maximum atomic E-state index is 12.5. The molecule has 0 radical (unpaired) electrons. The van der Waals surface area contributed by atoms with Crippen molar-refractivity contribution in [2.75, 3.05) is 12.8 Å². The molecule has 0 bridgehead atoms. The van der Waals surface area contributed by atoms with Crippen molar-refractivity contribution in [3.05, 3.63) is 76.0 Å². The number of halogens is 1. The van der Waals surface area contributed by atoms with Gasteiger partial charge in [0.15, 0.2) is 5.16 Å². The van der Waals surface area contributed by atoms with Crippen molar-refractivity contribution in [3.8, 4) is 0 Å². The summed E-state index contributed by atoms with van der Waals surface area (Å²) in [6, 6.07) is 18.2. The summed E-state index contributed by atoms with van der Waals surface area (Å²) in [5.74, 6) is 1.24. The van der Waals surface area contributed by atoms with Crippen molar-refractivity contribution in [2.24, 2.45) is 0 Å². The summed E-state index contributed by atoms with van der Waals surface area (Å²) in [4.78, 5) is 14.2. The predicted molar refractivity (Wildman–Crippen MR) is 112 cm³/mol. The van der Waals surface area contributed by atoms with E-state index in [4.69, 9.17) is 0 Å². The van der Waals surface area contributed by atoms with Gasteiger partial charge in [-0.25, -0.2) is 0 Å². The number of hydrogen-bond donors (Lipinski definition) is 0. The van der Waals surface area contributed by atoms with E-state index in [1.54, 1.807) is 4.90 Å². The van der Waals surface area contributed by atoms with Crippen LogP contribution < -0.4 is 0 Å². The molecule has 2 aromatic carbocycles. The summed E-state index contributed by atoms with van der Waals surface area (Å²) >= 11 is 4.85. The molecule has 1 heterocycles. The molecular formula is C20H21BrN4OS. The van der Waals surface area contributed by atoms with Gasteiger partial charge in [-0.05, 0) is 30.2 Å².